The number of aromatic nitrogens is 2. The van der Waals surface area contributed by atoms with Crippen LogP contribution in [0, 0.1) is 5.92 Å². The van der Waals surface area contributed by atoms with Crippen LogP contribution in [0.2, 0.25) is 0 Å². The quantitative estimate of drug-likeness (QED) is 0.861. The van der Waals surface area contributed by atoms with Gasteiger partial charge < -0.3 is 15.0 Å². The third-order valence-electron chi connectivity index (χ3n) is 5.09. The molecule has 138 valence electrons. The molecule has 2 aromatic rings. The van der Waals surface area contributed by atoms with Crippen molar-refractivity contribution >= 4 is 5.91 Å². The summed E-state index contributed by atoms with van der Waals surface area (Å²) < 4.78 is 1.53. The van der Waals surface area contributed by atoms with Crippen molar-refractivity contribution in [2.75, 3.05) is 0 Å². The van der Waals surface area contributed by atoms with Crippen molar-refractivity contribution in [3.63, 3.8) is 0 Å². The molecule has 3 rings (SSSR count). The fraction of sp³-hybridized carbons (Fsp3) is 0.450. The molecule has 0 aliphatic heterocycles. The van der Waals surface area contributed by atoms with Crippen molar-refractivity contribution in [2.24, 2.45) is 13.0 Å². The lowest BCUT2D eigenvalue weighted by atomic mass is 9.76. The maximum Gasteiger partial charge on any atom is 0.263 e. The predicted octanol–water partition coefficient (Wildman–Crippen LogP) is 2.15. The Bertz CT molecular complexity index is 839. The van der Waals surface area contributed by atoms with E-state index in [1.807, 2.05) is 38.1 Å². The zero-order chi connectivity index (χ0) is 18.8. The first-order chi connectivity index (χ1) is 12.4. The number of hydrogen-bond acceptors (Lipinski definition) is 4. The van der Waals surface area contributed by atoms with Crippen LogP contribution in [0.1, 0.15) is 60.4 Å². The van der Waals surface area contributed by atoms with E-state index in [0.29, 0.717) is 12.8 Å². The van der Waals surface area contributed by atoms with E-state index in [9.17, 15) is 14.7 Å². The summed E-state index contributed by atoms with van der Waals surface area (Å²) in [7, 11) is 1.69. The SMILES string of the molecule is CC(C)c1ccc(C(=O)N[C@@H](c2ccccn2)C2CC(O)C2)c(=O)n1C. The van der Waals surface area contributed by atoms with Gasteiger partial charge in [-0.1, -0.05) is 19.9 Å². The third-order valence-corrected chi connectivity index (χ3v) is 5.09. The normalized spacial score (nSPS) is 20.5. The summed E-state index contributed by atoms with van der Waals surface area (Å²) in [5, 5.41) is 12.6. The van der Waals surface area contributed by atoms with Gasteiger partial charge in [0.05, 0.1) is 17.8 Å². The van der Waals surface area contributed by atoms with Crippen LogP contribution in [0.25, 0.3) is 0 Å². The second kappa shape index (κ2) is 7.41. The van der Waals surface area contributed by atoms with Crippen LogP contribution in [0.5, 0.6) is 0 Å². The molecule has 2 heterocycles. The number of nitrogens with one attached hydrogen (secondary N) is 1. The highest BCUT2D eigenvalue weighted by Crippen LogP contribution is 2.37. The molecule has 1 atom stereocenters. The van der Waals surface area contributed by atoms with Crippen LogP contribution in [-0.4, -0.2) is 26.7 Å². The van der Waals surface area contributed by atoms with E-state index in [0.717, 1.165) is 11.4 Å². The molecule has 0 radical (unpaired) electrons. The molecule has 6 nitrogen and oxygen atoms in total. The summed E-state index contributed by atoms with van der Waals surface area (Å²) >= 11 is 0. The predicted molar refractivity (Wildman–Crippen MR) is 98.9 cm³/mol. The van der Waals surface area contributed by atoms with E-state index in [-0.39, 0.29) is 35.1 Å². The molecule has 1 saturated carbocycles. The smallest absolute Gasteiger partial charge is 0.263 e. The number of carbonyl (C=O) groups is 1. The maximum atomic E-state index is 12.8. The largest absolute Gasteiger partial charge is 0.393 e. The highest BCUT2D eigenvalue weighted by molar-refractivity contribution is 5.94. The van der Waals surface area contributed by atoms with Gasteiger partial charge in [0.25, 0.3) is 11.5 Å². The third kappa shape index (κ3) is 3.55. The molecule has 1 fully saturated rings. The molecule has 1 amide bonds. The second-order valence-electron chi connectivity index (χ2n) is 7.28. The Labute approximate surface area is 152 Å². The van der Waals surface area contributed by atoms with Crippen LogP contribution >= 0.6 is 0 Å². The molecule has 2 N–H and O–H groups in total. The van der Waals surface area contributed by atoms with Gasteiger partial charge in [0.2, 0.25) is 0 Å². The Morgan fingerprint density at radius 3 is 2.58 bits per heavy atom. The van der Waals surface area contributed by atoms with Gasteiger partial charge in [0.1, 0.15) is 5.56 Å². The number of nitrogens with zero attached hydrogens (tertiary/aromatic N) is 2. The molecule has 1 aliphatic rings. The maximum absolute atomic E-state index is 12.8. The summed E-state index contributed by atoms with van der Waals surface area (Å²) in [6.45, 7) is 4.01. The van der Waals surface area contributed by atoms with E-state index in [4.69, 9.17) is 0 Å². The molecule has 0 bridgehead atoms. The summed E-state index contributed by atoms with van der Waals surface area (Å²) in [6.07, 6.45) is 2.58. The minimum absolute atomic E-state index is 0.114. The lowest BCUT2D eigenvalue weighted by molar-refractivity contribution is 0.0228. The summed E-state index contributed by atoms with van der Waals surface area (Å²) in [5.74, 6) is -0.0943. The monoisotopic (exact) mass is 355 g/mol. The molecule has 6 heteroatoms. The minimum atomic E-state index is -0.405. The van der Waals surface area contributed by atoms with E-state index in [1.54, 1.807) is 19.3 Å². The lowest BCUT2D eigenvalue weighted by Gasteiger charge is -2.37. The number of aliphatic hydroxyl groups excluding tert-OH is 1. The Morgan fingerprint density at radius 2 is 2.00 bits per heavy atom. The Kier molecular flexibility index (Phi) is 5.23. The zero-order valence-corrected chi connectivity index (χ0v) is 15.3. The Balaban J connectivity index is 1.87. The van der Waals surface area contributed by atoms with Crippen molar-refractivity contribution in [1.29, 1.82) is 0 Å². The van der Waals surface area contributed by atoms with Crippen molar-refractivity contribution in [3.8, 4) is 0 Å². The minimum Gasteiger partial charge on any atom is -0.393 e. The van der Waals surface area contributed by atoms with Gasteiger partial charge in [-0.3, -0.25) is 14.6 Å². The van der Waals surface area contributed by atoms with Crippen molar-refractivity contribution in [3.05, 3.63) is 63.8 Å². The van der Waals surface area contributed by atoms with E-state index in [1.165, 1.54) is 4.57 Å². The second-order valence-corrected chi connectivity index (χ2v) is 7.28. The fourth-order valence-corrected chi connectivity index (χ4v) is 3.52. The number of aliphatic hydroxyl groups is 1. The Morgan fingerprint density at radius 1 is 1.27 bits per heavy atom. The zero-order valence-electron chi connectivity index (χ0n) is 15.3. The average Bonchev–Trinajstić information content (AvgIpc) is 2.59. The van der Waals surface area contributed by atoms with Gasteiger partial charge in [0, 0.05) is 18.9 Å². The first kappa shape index (κ1) is 18.3. The summed E-state index contributed by atoms with van der Waals surface area (Å²) in [6, 6.07) is 8.64. The standard InChI is InChI=1S/C20H25N3O3/c1-12(2)17-8-7-15(20(26)23(17)3)19(25)22-18(13-10-14(24)11-13)16-6-4-5-9-21-16/h4-9,12-14,18,24H,10-11H2,1-3H3,(H,22,25)/t13?,14?,18-/m1/s1. The molecule has 0 aromatic carbocycles. The molecule has 0 unspecified atom stereocenters. The molecule has 1 aliphatic carbocycles. The van der Waals surface area contributed by atoms with E-state index in [2.05, 4.69) is 10.3 Å². The highest BCUT2D eigenvalue weighted by Gasteiger charge is 2.36. The van der Waals surface area contributed by atoms with Crippen LogP contribution < -0.4 is 10.9 Å². The highest BCUT2D eigenvalue weighted by atomic mass is 16.3. The Hall–Kier alpha value is -2.47. The van der Waals surface area contributed by atoms with Crippen LogP contribution in [-0.2, 0) is 7.05 Å². The van der Waals surface area contributed by atoms with Gasteiger partial charge in [-0.25, -0.2) is 0 Å². The molecule has 0 saturated heterocycles. The van der Waals surface area contributed by atoms with E-state index >= 15 is 0 Å². The topological polar surface area (TPSA) is 84.2 Å². The molecule has 2 aromatic heterocycles. The van der Waals surface area contributed by atoms with Crippen LogP contribution in [0.4, 0.5) is 0 Å². The first-order valence-electron chi connectivity index (χ1n) is 8.98. The molecule has 26 heavy (non-hydrogen) atoms. The average molecular weight is 355 g/mol. The number of amides is 1. The fourth-order valence-electron chi connectivity index (χ4n) is 3.52. The molecular formula is C20H25N3O3. The van der Waals surface area contributed by atoms with Crippen LogP contribution in [0.15, 0.2) is 41.3 Å². The van der Waals surface area contributed by atoms with Gasteiger partial charge in [-0.15, -0.1) is 0 Å². The number of hydrogen-bond donors (Lipinski definition) is 2. The van der Waals surface area contributed by atoms with Gasteiger partial charge >= 0.3 is 0 Å². The number of pyridine rings is 2. The number of rotatable bonds is 5. The molecule has 0 spiro atoms. The first-order valence-corrected chi connectivity index (χ1v) is 8.98. The summed E-state index contributed by atoms with van der Waals surface area (Å²) in [4.78, 5) is 29.8. The molecular weight excluding hydrogens is 330 g/mol. The van der Waals surface area contributed by atoms with Gasteiger partial charge in [0.15, 0.2) is 0 Å². The lowest BCUT2D eigenvalue weighted by Crippen LogP contribution is -2.43. The van der Waals surface area contributed by atoms with Crippen LogP contribution in [0.3, 0.4) is 0 Å². The number of carbonyl (C=O) groups excluding carboxylic acids is 1. The van der Waals surface area contributed by atoms with Gasteiger partial charge in [-0.05, 0) is 48.9 Å². The van der Waals surface area contributed by atoms with Crippen molar-refractivity contribution in [2.45, 2.75) is 44.8 Å². The van der Waals surface area contributed by atoms with Crippen molar-refractivity contribution in [1.82, 2.24) is 14.9 Å². The van der Waals surface area contributed by atoms with E-state index < -0.39 is 5.91 Å². The summed E-state index contributed by atoms with van der Waals surface area (Å²) in [5.41, 5.74) is 1.45. The van der Waals surface area contributed by atoms with Crippen molar-refractivity contribution < 1.29 is 9.90 Å². The van der Waals surface area contributed by atoms with Gasteiger partial charge in [-0.2, -0.15) is 0 Å².